The summed E-state index contributed by atoms with van der Waals surface area (Å²) >= 11 is 0. The van der Waals surface area contributed by atoms with E-state index in [2.05, 4.69) is 10.6 Å². The Bertz CT molecular complexity index is 1120. The number of hydrogen-bond donors (Lipinski definition) is 2. The number of ether oxygens (including phenoxy) is 2. The molecule has 0 aromatic heterocycles. The van der Waals surface area contributed by atoms with Crippen molar-refractivity contribution in [3.8, 4) is 5.75 Å². The summed E-state index contributed by atoms with van der Waals surface area (Å²) < 4.78 is 10.7. The Morgan fingerprint density at radius 3 is 1.97 bits per heavy atom. The lowest BCUT2D eigenvalue weighted by molar-refractivity contribution is -0.144. The average molecular weight is 540 g/mol. The van der Waals surface area contributed by atoms with Crippen LogP contribution in [-0.4, -0.2) is 47.6 Å². The molecule has 2 aromatic rings. The van der Waals surface area contributed by atoms with Crippen LogP contribution >= 0.6 is 0 Å². The van der Waals surface area contributed by atoms with Gasteiger partial charge in [-0.3, -0.25) is 9.59 Å². The summed E-state index contributed by atoms with van der Waals surface area (Å²) in [6, 6.07) is 10.8. The quantitative estimate of drug-likeness (QED) is 0.376. The molecule has 39 heavy (non-hydrogen) atoms. The predicted molar refractivity (Wildman–Crippen MR) is 155 cm³/mol. The van der Waals surface area contributed by atoms with Crippen molar-refractivity contribution in [2.24, 2.45) is 5.92 Å². The number of anilines is 1. The number of hydrogen-bond acceptors (Lipinski definition) is 5. The molecule has 0 spiro atoms. The van der Waals surface area contributed by atoms with Gasteiger partial charge in [-0.05, 0) is 83.7 Å². The molecular weight excluding hydrogens is 494 g/mol. The number of aryl methyl sites for hydroxylation is 2. The highest BCUT2D eigenvalue weighted by atomic mass is 16.6. The fraction of sp³-hybridized carbons (Fsp3) is 0.516. The molecule has 8 heteroatoms. The molecule has 0 aliphatic rings. The Morgan fingerprint density at radius 1 is 0.949 bits per heavy atom. The van der Waals surface area contributed by atoms with Crippen molar-refractivity contribution >= 4 is 23.6 Å². The lowest BCUT2D eigenvalue weighted by atomic mass is 9.94. The fourth-order valence-electron chi connectivity index (χ4n) is 4.40. The molecule has 0 saturated heterocycles. The lowest BCUT2D eigenvalue weighted by Crippen LogP contribution is -2.56. The molecule has 0 aliphatic heterocycles. The summed E-state index contributed by atoms with van der Waals surface area (Å²) in [5.74, 6) is -0.276. The molecule has 0 saturated carbocycles. The summed E-state index contributed by atoms with van der Waals surface area (Å²) in [6.07, 6.45) is -0.0654. The normalized spacial score (nSPS) is 13.7. The van der Waals surface area contributed by atoms with Crippen molar-refractivity contribution in [1.82, 2.24) is 10.2 Å². The van der Waals surface area contributed by atoms with E-state index in [0.29, 0.717) is 23.4 Å². The predicted octanol–water partition coefficient (Wildman–Crippen LogP) is 6.17. The summed E-state index contributed by atoms with van der Waals surface area (Å²) in [5.41, 5.74) is 2.53. The smallest absolute Gasteiger partial charge is 0.408 e. The van der Waals surface area contributed by atoms with Crippen LogP contribution < -0.4 is 15.4 Å². The van der Waals surface area contributed by atoms with E-state index in [4.69, 9.17) is 9.47 Å². The standard InChI is InChI=1S/C31H45N3O5/c1-11-22(6)34(29(36)26(19(2)3)33-30(37)39-31(7,8)9)27(23-17-20(4)16-21(5)18-23)28(35)32-24-12-14-25(38-10)15-13-24/h12-19,22,26-27H,11H2,1-10H3,(H,32,35)(H,33,37). The highest BCUT2D eigenvalue weighted by Gasteiger charge is 2.39. The average Bonchev–Trinajstić information content (AvgIpc) is 2.83. The van der Waals surface area contributed by atoms with Crippen molar-refractivity contribution in [2.45, 2.75) is 92.5 Å². The molecule has 0 heterocycles. The van der Waals surface area contributed by atoms with Crippen molar-refractivity contribution < 1.29 is 23.9 Å². The molecule has 3 amide bonds. The van der Waals surface area contributed by atoms with Crippen LogP contribution in [0.2, 0.25) is 0 Å². The molecule has 0 aliphatic carbocycles. The first-order valence-electron chi connectivity index (χ1n) is 13.5. The number of nitrogens with one attached hydrogen (secondary N) is 2. The zero-order chi connectivity index (χ0) is 29.5. The monoisotopic (exact) mass is 539 g/mol. The van der Waals surface area contributed by atoms with Crippen molar-refractivity contribution in [3.05, 3.63) is 59.2 Å². The van der Waals surface area contributed by atoms with Crippen LogP contribution in [0, 0.1) is 19.8 Å². The topological polar surface area (TPSA) is 97.0 Å². The third-order valence-corrected chi connectivity index (χ3v) is 6.37. The van der Waals surface area contributed by atoms with E-state index in [1.807, 2.05) is 59.7 Å². The zero-order valence-corrected chi connectivity index (χ0v) is 25.0. The third-order valence-electron chi connectivity index (χ3n) is 6.37. The highest BCUT2D eigenvalue weighted by molar-refractivity contribution is 5.99. The zero-order valence-electron chi connectivity index (χ0n) is 25.0. The second-order valence-corrected chi connectivity index (χ2v) is 11.4. The largest absolute Gasteiger partial charge is 0.497 e. The van der Waals surface area contributed by atoms with Crippen molar-refractivity contribution in [1.29, 1.82) is 0 Å². The highest BCUT2D eigenvalue weighted by Crippen LogP contribution is 2.30. The summed E-state index contributed by atoms with van der Waals surface area (Å²) in [7, 11) is 1.58. The maximum Gasteiger partial charge on any atom is 0.408 e. The molecule has 8 nitrogen and oxygen atoms in total. The molecule has 2 aromatic carbocycles. The van der Waals surface area contributed by atoms with Crippen LogP contribution in [0.4, 0.5) is 10.5 Å². The van der Waals surface area contributed by atoms with Crippen LogP contribution in [0.15, 0.2) is 42.5 Å². The Morgan fingerprint density at radius 2 is 1.51 bits per heavy atom. The van der Waals surface area contributed by atoms with E-state index in [1.165, 1.54) is 0 Å². The van der Waals surface area contributed by atoms with Gasteiger partial charge in [0.2, 0.25) is 5.91 Å². The van der Waals surface area contributed by atoms with Gasteiger partial charge in [-0.1, -0.05) is 50.1 Å². The number of carbonyl (C=O) groups is 3. The Kier molecular flexibility index (Phi) is 11.0. The van der Waals surface area contributed by atoms with Crippen molar-refractivity contribution in [3.63, 3.8) is 0 Å². The molecule has 2 N–H and O–H groups in total. The molecular formula is C31H45N3O5. The second kappa shape index (κ2) is 13.5. The molecule has 2 rings (SSSR count). The van der Waals surface area contributed by atoms with Crippen LogP contribution in [0.25, 0.3) is 0 Å². The maximum absolute atomic E-state index is 14.3. The second-order valence-electron chi connectivity index (χ2n) is 11.4. The van der Waals surface area contributed by atoms with Gasteiger partial charge in [-0.2, -0.15) is 0 Å². The van der Waals surface area contributed by atoms with E-state index in [-0.39, 0.29) is 23.8 Å². The van der Waals surface area contributed by atoms with E-state index in [9.17, 15) is 14.4 Å². The fourth-order valence-corrected chi connectivity index (χ4v) is 4.40. The number of benzene rings is 2. The number of amides is 3. The van der Waals surface area contributed by atoms with E-state index in [0.717, 1.165) is 11.1 Å². The Labute approximate surface area is 233 Å². The SMILES string of the molecule is CCC(C)N(C(=O)C(NC(=O)OC(C)(C)C)C(C)C)C(C(=O)Nc1ccc(OC)cc1)c1cc(C)cc(C)c1. The molecule has 0 radical (unpaired) electrons. The number of rotatable bonds is 10. The summed E-state index contributed by atoms with van der Waals surface area (Å²) in [5, 5.41) is 5.75. The summed E-state index contributed by atoms with van der Waals surface area (Å²) in [6.45, 7) is 16.8. The lowest BCUT2D eigenvalue weighted by Gasteiger charge is -2.39. The first-order valence-corrected chi connectivity index (χ1v) is 13.5. The molecule has 3 unspecified atom stereocenters. The van der Waals surface area contributed by atoms with Gasteiger partial charge < -0.3 is 25.0 Å². The number of alkyl carbamates (subject to hydrolysis) is 1. The van der Waals surface area contributed by atoms with E-state index >= 15 is 0 Å². The van der Waals surface area contributed by atoms with E-state index in [1.54, 1.807) is 57.0 Å². The number of methoxy groups -OCH3 is 1. The van der Waals surface area contributed by atoms with Gasteiger partial charge in [0.15, 0.2) is 0 Å². The van der Waals surface area contributed by atoms with Gasteiger partial charge in [-0.25, -0.2) is 4.79 Å². The molecule has 3 atom stereocenters. The maximum atomic E-state index is 14.3. The minimum Gasteiger partial charge on any atom is -0.497 e. The first kappa shape index (κ1) is 31.7. The van der Waals surface area contributed by atoms with Crippen LogP contribution in [0.5, 0.6) is 5.75 Å². The van der Waals surface area contributed by atoms with Gasteiger partial charge in [-0.15, -0.1) is 0 Å². The minimum atomic E-state index is -0.935. The van der Waals surface area contributed by atoms with Gasteiger partial charge in [0, 0.05) is 11.7 Å². The summed E-state index contributed by atoms with van der Waals surface area (Å²) in [4.78, 5) is 42.6. The van der Waals surface area contributed by atoms with Crippen LogP contribution in [-0.2, 0) is 14.3 Å². The third kappa shape index (κ3) is 9.01. The van der Waals surface area contributed by atoms with Crippen LogP contribution in [0.3, 0.4) is 0 Å². The molecule has 0 fully saturated rings. The van der Waals surface area contributed by atoms with E-state index < -0.39 is 23.8 Å². The van der Waals surface area contributed by atoms with Gasteiger partial charge in [0.1, 0.15) is 23.4 Å². The number of carbonyl (C=O) groups excluding carboxylic acids is 3. The first-order chi connectivity index (χ1) is 18.2. The molecule has 0 bridgehead atoms. The Hall–Kier alpha value is -3.55. The van der Waals surface area contributed by atoms with Crippen molar-refractivity contribution in [2.75, 3.05) is 12.4 Å². The van der Waals surface area contributed by atoms with Gasteiger partial charge >= 0.3 is 6.09 Å². The Balaban J connectivity index is 2.59. The van der Waals surface area contributed by atoms with Gasteiger partial charge in [0.25, 0.3) is 5.91 Å². The minimum absolute atomic E-state index is 0.249. The van der Waals surface area contributed by atoms with Crippen LogP contribution in [0.1, 0.15) is 77.6 Å². The van der Waals surface area contributed by atoms with Gasteiger partial charge in [0.05, 0.1) is 7.11 Å². The molecule has 214 valence electrons. The number of nitrogens with zero attached hydrogens (tertiary/aromatic N) is 1.